The average Bonchev–Trinajstić information content (AvgIpc) is 2.75. The number of unbranched alkanes of at least 4 members (excludes halogenated alkanes) is 11. The van der Waals surface area contributed by atoms with Gasteiger partial charge in [-0.3, -0.25) is 0 Å². The Balaban J connectivity index is 4.49. The van der Waals surface area contributed by atoms with E-state index in [1.807, 2.05) is 0 Å². The molecule has 0 radical (unpaired) electrons. The van der Waals surface area contributed by atoms with Crippen molar-refractivity contribution in [3.63, 3.8) is 0 Å². The molecule has 0 rings (SSSR count). The van der Waals surface area contributed by atoms with Crippen LogP contribution >= 0.6 is 0 Å². The average molecular weight is 429 g/mol. The van der Waals surface area contributed by atoms with Crippen LogP contribution < -0.4 is 0 Å². The first-order chi connectivity index (χ1) is 14.8. The van der Waals surface area contributed by atoms with Gasteiger partial charge in [0.1, 0.15) is 0 Å². The van der Waals surface area contributed by atoms with Gasteiger partial charge in [-0.2, -0.15) is 0 Å². The fourth-order valence-electron chi connectivity index (χ4n) is 3.19. The van der Waals surface area contributed by atoms with Crippen LogP contribution in [0.25, 0.3) is 0 Å². The molecule has 4 heteroatoms. The molecule has 0 heterocycles. The number of ether oxygens (including phenoxy) is 4. The minimum atomic E-state index is 0.236. The van der Waals surface area contributed by atoms with Crippen molar-refractivity contribution in [3.8, 4) is 0 Å². The maximum Gasteiger partial charge on any atom is 0.321 e. The van der Waals surface area contributed by atoms with E-state index in [-0.39, 0.29) is 6.79 Å². The third-order valence-electron chi connectivity index (χ3n) is 5.13. The summed E-state index contributed by atoms with van der Waals surface area (Å²) in [6, 6.07) is 0. The summed E-state index contributed by atoms with van der Waals surface area (Å²) in [5.41, 5.74) is 0. The summed E-state index contributed by atoms with van der Waals surface area (Å²) in [6.07, 6.45) is 19.1. The summed E-state index contributed by atoms with van der Waals surface area (Å²) in [5, 5.41) is 0. The second kappa shape index (κ2) is 24.4. The lowest BCUT2D eigenvalue weighted by Crippen LogP contribution is -2.10. The molecular formula is C26H52O4. The second-order valence-corrected chi connectivity index (χ2v) is 8.22. The van der Waals surface area contributed by atoms with E-state index >= 15 is 0 Å². The molecule has 0 saturated carbocycles. The van der Waals surface area contributed by atoms with Gasteiger partial charge >= 0.3 is 5.95 Å². The summed E-state index contributed by atoms with van der Waals surface area (Å²) in [4.78, 5) is 0. The molecule has 0 atom stereocenters. The van der Waals surface area contributed by atoms with Gasteiger partial charge in [-0.25, -0.2) is 0 Å². The molecule has 0 spiro atoms. The zero-order valence-electron chi connectivity index (χ0n) is 20.8. The molecule has 0 amide bonds. The molecule has 4 nitrogen and oxygen atoms in total. The smallest absolute Gasteiger partial charge is 0.321 e. The van der Waals surface area contributed by atoms with Crippen molar-refractivity contribution in [2.75, 3.05) is 26.6 Å². The lowest BCUT2D eigenvalue weighted by molar-refractivity contribution is -0.0843. The van der Waals surface area contributed by atoms with Crippen molar-refractivity contribution in [2.45, 2.75) is 130 Å². The maximum atomic E-state index is 6.11. The van der Waals surface area contributed by atoms with Crippen molar-refractivity contribution in [1.29, 1.82) is 0 Å². The van der Waals surface area contributed by atoms with Gasteiger partial charge in [0.15, 0.2) is 12.6 Å². The van der Waals surface area contributed by atoms with Crippen LogP contribution in [0.15, 0.2) is 11.7 Å². The van der Waals surface area contributed by atoms with Crippen LogP contribution in [0, 0.1) is 0 Å². The third-order valence-corrected chi connectivity index (χ3v) is 5.13. The van der Waals surface area contributed by atoms with Gasteiger partial charge < -0.3 is 18.9 Å². The molecule has 0 aliphatic rings. The van der Waals surface area contributed by atoms with Gasteiger partial charge in [-0.05, 0) is 25.7 Å². The lowest BCUT2D eigenvalue weighted by atomic mass is 10.1. The molecule has 0 bridgehead atoms. The fraction of sp³-hybridized carbons (Fsp3) is 0.923. The van der Waals surface area contributed by atoms with Crippen molar-refractivity contribution in [3.05, 3.63) is 11.7 Å². The molecule has 0 aliphatic carbocycles. The Bertz CT molecular complexity index is 368. The highest BCUT2D eigenvalue weighted by atomic mass is 16.7. The SMILES string of the molecule is CCCCCCCCOC(CCC)=C(OCCCCCCCC)OCOCCCC. The Labute approximate surface area is 188 Å². The van der Waals surface area contributed by atoms with Crippen LogP contribution in [0.5, 0.6) is 0 Å². The molecule has 0 aromatic carbocycles. The Kier molecular flexibility index (Phi) is 23.6. The molecule has 0 N–H and O–H groups in total. The van der Waals surface area contributed by atoms with E-state index in [1.165, 1.54) is 64.2 Å². The zero-order chi connectivity index (χ0) is 22.1. The molecule has 0 aromatic rings. The standard InChI is InChI=1S/C26H52O4/c1-5-9-12-14-16-18-22-28-25(20-8-4)26(30-24-27-21-11-7-3)29-23-19-17-15-13-10-6-2/h5-24H2,1-4H3. The fourth-order valence-corrected chi connectivity index (χ4v) is 3.19. The number of allylic oxidation sites excluding steroid dienone is 1. The lowest BCUT2D eigenvalue weighted by Gasteiger charge is -2.17. The predicted octanol–water partition coefficient (Wildman–Crippen LogP) is 8.50. The highest BCUT2D eigenvalue weighted by molar-refractivity contribution is 4.95. The first-order valence-electron chi connectivity index (χ1n) is 13.0. The van der Waals surface area contributed by atoms with Crippen molar-refractivity contribution >= 4 is 0 Å². The van der Waals surface area contributed by atoms with Gasteiger partial charge in [0.05, 0.1) is 19.8 Å². The van der Waals surface area contributed by atoms with Gasteiger partial charge in [0.25, 0.3) is 0 Å². The van der Waals surface area contributed by atoms with Crippen LogP contribution in [-0.2, 0) is 18.9 Å². The van der Waals surface area contributed by atoms with Gasteiger partial charge in [0.2, 0.25) is 0 Å². The van der Waals surface area contributed by atoms with Crippen molar-refractivity contribution in [1.82, 2.24) is 0 Å². The molecular weight excluding hydrogens is 376 g/mol. The summed E-state index contributed by atoms with van der Waals surface area (Å²) >= 11 is 0. The van der Waals surface area contributed by atoms with E-state index in [1.54, 1.807) is 0 Å². The third kappa shape index (κ3) is 19.1. The largest absolute Gasteiger partial charge is 0.491 e. The highest BCUT2D eigenvalue weighted by Gasteiger charge is 2.12. The topological polar surface area (TPSA) is 36.9 Å². The van der Waals surface area contributed by atoms with E-state index < -0.39 is 0 Å². The van der Waals surface area contributed by atoms with E-state index in [0.717, 1.165) is 57.5 Å². The normalized spacial score (nSPS) is 12.0. The van der Waals surface area contributed by atoms with Crippen LogP contribution in [0.1, 0.15) is 130 Å². The minimum Gasteiger partial charge on any atom is -0.491 e. The molecule has 0 saturated heterocycles. The number of hydrogen-bond donors (Lipinski definition) is 0. The van der Waals surface area contributed by atoms with Crippen LogP contribution in [-0.4, -0.2) is 26.6 Å². The minimum absolute atomic E-state index is 0.236. The highest BCUT2D eigenvalue weighted by Crippen LogP contribution is 2.18. The summed E-state index contributed by atoms with van der Waals surface area (Å²) in [5.74, 6) is 1.41. The van der Waals surface area contributed by atoms with Gasteiger partial charge in [-0.1, -0.05) is 98.3 Å². The Morgan fingerprint density at radius 3 is 1.57 bits per heavy atom. The Hall–Kier alpha value is -0.900. The molecule has 0 aromatic heterocycles. The van der Waals surface area contributed by atoms with Gasteiger partial charge in [0, 0.05) is 6.42 Å². The number of rotatable bonds is 24. The predicted molar refractivity (Wildman–Crippen MR) is 127 cm³/mol. The first-order valence-corrected chi connectivity index (χ1v) is 13.0. The first kappa shape index (κ1) is 29.1. The summed E-state index contributed by atoms with van der Waals surface area (Å²) < 4.78 is 23.6. The van der Waals surface area contributed by atoms with Crippen molar-refractivity contribution < 1.29 is 18.9 Å². The zero-order valence-corrected chi connectivity index (χ0v) is 20.8. The summed E-state index contributed by atoms with van der Waals surface area (Å²) in [7, 11) is 0. The second-order valence-electron chi connectivity index (χ2n) is 8.22. The molecule has 30 heavy (non-hydrogen) atoms. The van der Waals surface area contributed by atoms with E-state index in [4.69, 9.17) is 18.9 Å². The molecule has 180 valence electrons. The molecule has 0 fully saturated rings. The quantitative estimate of drug-likeness (QED) is 0.0877. The summed E-state index contributed by atoms with van der Waals surface area (Å²) in [6.45, 7) is 11.2. The number of hydrogen-bond acceptors (Lipinski definition) is 4. The van der Waals surface area contributed by atoms with Gasteiger partial charge in [-0.15, -0.1) is 0 Å². The molecule has 0 aliphatic heterocycles. The Morgan fingerprint density at radius 1 is 0.467 bits per heavy atom. The van der Waals surface area contributed by atoms with E-state index in [2.05, 4.69) is 27.7 Å². The monoisotopic (exact) mass is 428 g/mol. The van der Waals surface area contributed by atoms with Crippen LogP contribution in [0.2, 0.25) is 0 Å². The van der Waals surface area contributed by atoms with Crippen LogP contribution in [0.4, 0.5) is 0 Å². The van der Waals surface area contributed by atoms with Crippen molar-refractivity contribution in [2.24, 2.45) is 0 Å². The molecule has 0 unspecified atom stereocenters. The van der Waals surface area contributed by atoms with E-state index in [0.29, 0.717) is 12.6 Å². The van der Waals surface area contributed by atoms with Crippen LogP contribution in [0.3, 0.4) is 0 Å². The van der Waals surface area contributed by atoms with E-state index in [9.17, 15) is 0 Å². The Morgan fingerprint density at radius 2 is 1.00 bits per heavy atom. The maximum absolute atomic E-state index is 6.11.